The first-order valence-electron chi connectivity index (χ1n) is 22.0. The number of para-hydroxylation sites is 1. The summed E-state index contributed by atoms with van der Waals surface area (Å²) in [5, 5.41) is 16.7. The predicted octanol–water partition coefficient (Wildman–Crippen LogP) is 10.8. The van der Waals surface area contributed by atoms with Crippen LogP contribution < -0.4 is 20.1 Å². The van der Waals surface area contributed by atoms with E-state index >= 15 is 0 Å². The van der Waals surface area contributed by atoms with Gasteiger partial charge in [-0.05, 0) is 105 Å². The van der Waals surface area contributed by atoms with Gasteiger partial charge in [-0.25, -0.2) is 4.79 Å². The first-order valence-corrected chi connectivity index (χ1v) is 22.8. The lowest BCUT2D eigenvalue weighted by molar-refractivity contribution is -0.120. The Bertz CT molecular complexity index is 2210. The number of carbonyl (C=O) groups excluding carboxylic acids is 3. The summed E-state index contributed by atoms with van der Waals surface area (Å²) >= 11 is 1.43. The lowest BCUT2D eigenvalue weighted by atomic mass is 9.95. The molecule has 2 amide bonds. The Labute approximate surface area is 376 Å². The molecule has 332 valence electrons. The number of amides is 2. The van der Waals surface area contributed by atoms with Crippen molar-refractivity contribution in [3.63, 3.8) is 0 Å². The standard InChI is InChI=1S/C52H61N3O7S/c1-2-3-4-5-6-7-8-9-10-11-12-13-14-15-16-18-21-42(26-31-48(57)53-32-33-54-52(59)62-45-22-19-17-20-23-45)51-49(46-30-27-43(56)40-47(46)63-51)50(58)41-24-28-44(29-25-41)61-39-36-55-34-37-60-38-35-55/h3-4,6-7,9-10,12-13,15-17,19-25,27-30,40,56H,2,5,8,11,14,18,26,31-39H2,1H3,(H,53,57)(H,54,59)/b4-3-,7-6-,10-9-,13-12-,16-15-,42-21-. The Hall–Kier alpha value is -6.01. The second-order valence-electron chi connectivity index (χ2n) is 14.8. The summed E-state index contributed by atoms with van der Waals surface area (Å²) in [6.45, 7) is 7.13. The highest BCUT2D eigenvalue weighted by atomic mass is 32.1. The zero-order chi connectivity index (χ0) is 44.3. The number of benzene rings is 3. The minimum Gasteiger partial charge on any atom is -0.508 e. The van der Waals surface area contributed by atoms with Crippen LogP contribution in [0.15, 0.2) is 140 Å². The highest BCUT2D eigenvalue weighted by Gasteiger charge is 2.23. The quantitative estimate of drug-likeness (QED) is 0.0341. The number of fused-ring (bicyclic) bond motifs is 1. The molecule has 5 rings (SSSR count). The maximum atomic E-state index is 14.5. The van der Waals surface area contributed by atoms with Crippen LogP contribution in [0.5, 0.6) is 17.2 Å². The van der Waals surface area contributed by atoms with Crippen LogP contribution in [0.25, 0.3) is 15.7 Å². The van der Waals surface area contributed by atoms with Gasteiger partial charge in [0.25, 0.3) is 0 Å². The lowest BCUT2D eigenvalue weighted by Crippen LogP contribution is -2.38. The van der Waals surface area contributed by atoms with Crippen LogP contribution in [0.3, 0.4) is 0 Å². The van der Waals surface area contributed by atoms with Gasteiger partial charge in [-0.3, -0.25) is 14.5 Å². The van der Waals surface area contributed by atoms with Crippen LogP contribution >= 0.6 is 11.3 Å². The number of nitrogens with one attached hydrogen (secondary N) is 2. The number of allylic oxidation sites excluding steroid dienone is 12. The summed E-state index contributed by atoms with van der Waals surface area (Å²) in [4.78, 5) is 42.9. The monoisotopic (exact) mass is 871 g/mol. The van der Waals surface area contributed by atoms with E-state index in [0.717, 1.165) is 85.5 Å². The Morgan fingerprint density at radius 2 is 1.38 bits per heavy atom. The average Bonchev–Trinajstić information content (AvgIpc) is 3.67. The number of ketones is 1. The molecule has 0 bridgehead atoms. The first-order chi connectivity index (χ1) is 30.9. The number of rotatable bonds is 25. The molecule has 1 aromatic heterocycles. The fraction of sp³-hybridized carbons (Fsp3) is 0.327. The van der Waals surface area contributed by atoms with Crippen molar-refractivity contribution in [2.75, 3.05) is 52.5 Å². The number of nitrogens with zero attached hydrogens (tertiary/aromatic N) is 1. The van der Waals surface area contributed by atoms with Crippen LogP contribution in [0.2, 0.25) is 0 Å². The molecule has 3 N–H and O–H groups in total. The van der Waals surface area contributed by atoms with E-state index in [1.54, 1.807) is 54.6 Å². The molecule has 1 saturated heterocycles. The van der Waals surface area contributed by atoms with Crippen molar-refractivity contribution in [2.24, 2.45) is 0 Å². The lowest BCUT2D eigenvalue weighted by Gasteiger charge is -2.26. The van der Waals surface area contributed by atoms with E-state index in [2.05, 4.69) is 89.3 Å². The van der Waals surface area contributed by atoms with Crippen molar-refractivity contribution in [1.29, 1.82) is 0 Å². The number of phenolic OH excluding ortho intramolecular Hbond substituents is 1. The molecule has 0 spiro atoms. The second-order valence-corrected chi connectivity index (χ2v) is 15.8. The van der Waals surface area contributed by atoms with Crippen molar-refractivity contribution < 1.29 is 33.7 Å². The molecule has 1 aliphatic heterocycles. The molecule has 4 aromatic rings. The molecular weight excluding hydrogens is 811 g/mol. The van der Waals surface area contributed by atoms with Gasteiger partial charge in [0.15, 0.2) is 5.78 Å². The van der Waals surface area contributed by atoms with E-state index < -0.39 is 6.09 Å². The Morgan fingerprint density at radius 3 is 2.05 bits per heavy atom. The normalized spacial score (nSPS) is 13.9. The van der Waals surface area contributed by atoms with E-state index in [9.17, 15) is 19.5 Å². The van der Waals surface area contributed by atoms with Crippen molar-refractivity contribution in [3.8, 4) is 17.2 Å². The predicted molar refractivity (Wildman–Crippen MR) is 256 cm³/mol. The SMILES string of the molecule is CC/C=C\C/C=C\C/C=C\C/C=C\C/C=C\C/C=C(/CCC(=O)NCCNC(=O)Oc1ccccc1)c1sc2cc(O)ccc2c1C(=O)c1ccc(OCCN2CCOCC2)cc1. The van der Waals surface area contributed by atoms with E-state index in [1.807, 2.05) is 18.2 Å². The number of aromatic hydroxyl groups is 1. The molecule has 0 aliphatic carbocycles. The maximum Gasteiger partial charge on any atom is 0.412 e. The van der Waals surface area contributed by atoms with E-state index in [1.165, 1.54) is 11.3 Å². The number of thiophene rings is 1. The zero-order valence-corrected chi connectivity index (χ0v) is 37.2. The topological polar surface area (TPSA) is 126 Å². The molecule has 11 heteroatoms. The third-order valence-electron chi connectivity index (χ3n) is 10.0. The number of carbonyl (C=O) groups is 3. The molecular formula is C52H61N3O7S. The fourth-order valence-corrected chi connectivity index (χ4v) is 8.00. The van der Waals surface area contributed by atoms with Crippen LogP contribution in [0.4, 0.5) is 4.79 Å². The summed E-state index contributed by atoms with van der Waals surface area (Å²) in [6.07, 6.45) is 28.8. The van der Waals surface area contributed by atoms with Gasteiger partial charge in [0.05, 0.1) is 13.2 Å². The van der Waals surface area contributed by atoms with Crippen LogP contribution in [0.1, 0.15) is 79.1 Å². The molecule has 1 aliphatic rings. The summed E-state index contributed by atoms with van der Waals surface area (Å²) in [5.41, 5.74) is 1.91. The van der Waals surface area contributed by atoms with E-state index in [-0.39, 0.29) is 37.0 Å². The first kappa shape index (κ1) is 48.0. The Morgan fingerprint density at radius 1 is 0.746 bits per heavy atom. The highest BCUT2D eigenvalue weighted by molar-refractivity contribution is 7.20. The van der Waals surface area contributed by atoms with Gasteiger partial charge < -0.3 is 30.0 Å². The minimum absolute atomic E-state index is 0.109. The van der Waals surface area contributed by atoms with E-state index in [0.29, 0.717) is 42.1 Å². The number of ether oxygens (including phenoxy) is 3. The Balaban J connectivity index is 1.25. The van der Waals surface area contributed by atoms with Gasteiger partial charge in [0.1, 0.15) is 23.9 Å². The molecule has 10 nitrogen and oxygen atoms in total. The smallest absolute Gasteiger partial charge is 0.412 e. The van der Waals surface area contributed by atoms with Crippen molar-refractivity contribution >= 4 is 44.8 Å². The minimum atomic E-state index is -0.602. The summed E-state index contributed by atoms with van der Waals surface area (Å²) in [6, 6.07) is 21.0. The van der Waals surface area contributed by atoms with Gasteiger partial charge >= 0.3 is 6.09 Å². The van der Waals surface area contributed by atoms with E-state index in [4.69, 9.17) is 14.2 Å². The molecule has 0 radical (unpaired) electrons. The third-order valence-corrected chi connectivity index (χ3v) is 11.3. The highest BCUT2D eigenvalue weighted by Crippen LogP contribution is 2.40. The number of hydrogen-bond donors (Lipinski definition) is 3. The Kier molecular flexibility index (Phi) is 21.2. The fourth-order valence-electron chi connectivity index (χ4n) is 6.70. The summed E-state index contributed by atoms with van der Waals surface area (Å²) in [5.74, 6) is 0.883. The molecule has 0 atom stereocenters. The summed E-state index contributed by atoms with van der Waals surface area (Å²) in [7, 11) is 0. The van der Waals surface area contributed by atoms with Crippen LogP contribution in [-0.2, 0) is 9.53 Å². The third kappa shape index (κ3) is 17.3. The van der Waals surface area contributed by atoms with Crippen LogP contribution in [-0.4, -0.2) is 80.3 Å². The molecule has 3 aromatic carbocycles. The summed E-state index contributed by atoms with van der Waals surface area (Å²) < 4.78 is 17.5. The van der Waals surface area contributed by atoms with Crippen molar-refractivity contribution in [3.05, 3.63) is 156 Å². The largest absolute Gasteiger partial charge is 0.508 e. The van der Waals surface area contributed by atoms with Gasteiger partial charge in [-0.15, -0.1) is 11.3 Å². The molecule has 2 heterocycles. The molecule has 0 unspecified atom stereocenters. The molecule has 0 saturated carbocycles. The van der Waals surface area contributed by atoms with Gasteiger partial charge in [-0.1, -0.05) is 92.0 Å². The molecule has 63 heavy (non-hydrogen) atoms. The number of phenols is 1. The van der Waals surface area contributed by atoms with Crippen molar-refractivity contribution in [2.45, 2.75) is 58.3 Å². The van der Waals surface area contributed by atoms with Crippen LogP contribution in [0, 0.1) is 0 Å². The van der Waals surface area contributed by atoms with Crippen molar-refractivity contribution in [1.82, 2.24) is 15.5 Å². The zero-order valence-electron chi connectivity index (χ0n) is 36.3. The van der Waals surface area contributed by atoms with Gasteiger partial charge in [0.2, 0.25) is 5.91 Å². The second kappa shape index (κ2) is 27.8. The number of hydrogen-bond acceptors (Lipinski definition) is 9. The average molecular weight is 872 g/mol. The van der Waals surface area contributed by atoms with Gasteiger partial charge in [-0.2, -0.15) is 0 Å². The number of morpholine rings is 1. The molecule has 1 fully saturated rings. The van der Waals surface area contributed by atoms with Gasteiger partial charge in [0, 0.05) is 65.2 Å². The maximum absolute atomic E-state index is 14.5.